The molecule has 1 N–H and O–H groups in total. The summed E-state index contributed by atoms with van der Waals surface area (Å²) in [5, 5.41) is 13.9. The van der Waals surface area contributed by atoms with Gasteiger partial charge in [-0.15, -0.1) is 0 Å². The fraction of sp³-hybridized carbons (Fsp3) is 0.455. The number of halogens is 2. The van der Waals surface area contributed by atoms with E-state index in [9.17, 15) is 18.9 Å². The van der Waals surface area contributed by atoms with E-state index >= 15 is 0 Å². The van der Waals surface area contributed by atoms with Crippen LogP contribution >= 0.6 is 0 Å². The molecule has 1 aromatic rings. The van der Waals surface area contributed by atoms with Crippen LogP contribution in [-0.4, -0.2) is 18.0 Å². The summed E-state index contributed by atoms with van der Waals surface area (Å²) in [7, 11) is 0. The van der Waals surface area contributed by atoms with E-state index in [1.54, 1.807) is 0 Å². The molecule has 0 spiro atoms. The van der Waals surface area contributed by atoms with Gasteiger partial charge in [0.2, 0.25) is 0 Å². The monoisotopic (exact) mass is 242 g/mol. The van der Waals surface area contributed by atoms with E-state index in [1.165, 1.54) is 0 Å². The Morgan fingerprint density at radius 1 is 1.41 bits per heavy atom. The molecule has 0 aliphatic carbocycles. The molecule has 17 heavy (non-hydrogen) atoms. The SMILES string of the molecule is O=[N+]([O-])c1cc(F)c(F)cc1CC1CCNC1. The summed E-state index contributed by atoms with van der Waals surface area (Å²) < 4.78 is 26.0. The molecule has 1 aliphatic rings. The summed E-state index contributed by atoms with van der Waals surface area (Å²) in [4.78, 5) is 10.1. The van der Waals surface area contributed by atoms with E-state index in [2.05, 4.69) is 5.32 Å². The lowest BCUT2D eigenvalue weighted by Crippen LogP contribution is -2.12. The highest BCUT2D eigenvalue weighted by atomic mass is 19.2. The third-order valence-electron chi connectivity index (χ3n) is 2.99. The predicted molar refractivity (Wildman–Crippen MR) is 57.7 cm³/mol. The molecule has 0 bridgehead atoms. The first-order chi connectivity index (χ1) is 8.08. The molecule has 1 unspecified atom stereocenters. The molecule has 0 amide bonds. The highest BCUT2D eigenvalue weighted by molar-refractivity contribution is 5.41. The van der Waals surface area contributed by atoms with Crippen LogP contribution in [0.15, 0.2) is 12.1 Å². The van der Waals surface area contributed by atoms with Crippen LogP contribution in [0.2, 0.25) is 0 Å². The first-order valence-corrected chi connectivity index (χ1v) is 5.41. The maximum Gasteiger partial charge on any atom is 0.275 e. The molecule has 6 heteroatoms. The van der Waals surface area contributed by atoms with Gasteiger partial charge < -0.3 is 5.32 Å². The van der Waals surface area contributed by atoms with Crippen molar-refractivity contribution >= 4 is 5.69 Å². The van der Waals surface area contributed by atoms with E-state index in [-0.39, 0.29) is 17.2 Å². The van der Waals surface area contributed by atoms with E-state index < -0.39 is 16.6 Å². The Bertz CT molecular complexity index is 445. The van der Waals surface area contributed by atoms with Gasteiger partial charge in [0, 0.05) is 5.56 Å². The van der Waals surface area contributed by atoms with Gasteiger partial charge in [-0.3, -0.25) is 10.1 Å². The van der Waals surface area contributed by atoms with Crippen molar-refractivity contribution in [3.63, 3.8) is 0 Å². The second-order valence-corrected chi connectivity index (χ2v) is 4.22. The maximum atomic E-state index is 13.1. The van der Waals surface area contributed by atoms with Gasteiger partial charge in [0.1, 0.15) is 0 Å². The Hall–Kier alpha value is -1.56. The van der Waals surface area contributed by atoms with Crippen molar-refractivity contribution in [2.24, 2.45) is 5.92 Å². The Kier molecular flexibility index (Phi) is 3.33. The minimum absolute atomic E-state index is 0.249. The number of nitro benzene ring substituents is 1. The van der Waals surface area contributed by atoms with Gasteiger partial charge in [-0.1, -0.05) is 0 Å². The summed E-state index contributed by atoms with van der Waals surface area (Å²) in [6.45, 7) is 1.62. The highest BCUT2D eigenvalue weighted by Crippen LogP contribution is 2.26. The molecule has 1 aromatic carbocycles. The van der Waals surface area contributed by atoms with Crippen LogP contribution in [-0.2, 0) is 6.42 Å². The molecule has 2 rings (SSSR count). The van der Waals surface area contributed by atoms with Crippen LogP contribution in [0.5, 0.6) is 0 Å². The summed E-state index contributed by atoms with van der Waals surface area (Å²) >= 11 is 0. The zero-order valence-corrected chi connectivity index (χ0v) is 9.08. The molecule has 0 radical (unpaired) electrons. The normalized spacial score (nSPS) is 19.5. The number of rotatable bonds is 3. The minimum atomic E-state index is -1.18. The van der Waals surface area contributed by atoms with Crippen LogP contribution in [0.4, 0.5) is 14.5 Å². The van der Waals surface area contributed by atoms with Crippen LogP contribution in [0.25, 0.3) is 0 Å². The quantitative estimate of drug-likeness (QED) is 0.651. The zero-order chi connectivity index (χ0) is 12.4. The lowest BCUT2D eigenvalue weighted by atomic mass is 9.97. The van der Waals surface area contributed by atoms with Crippen LogP contribution in [0.3, 0.4) is 0 Å². The van der Waals surface area contributed by atoms with E-state index in [0.29, 0.717) is 12.5 Å². The first kappa shape index (κ1) is 11.9. The summed E-state index contributed by atoms with van der Waals surface area (Å²) in [6, 6.07) is 1.60. The van der Waals surface area contributed by atoms with Crippen LogP contribution in [0, 0.1) is 27.7 Å². The fourth-order valence-electron chi connectivity index (χ4n) is 2.11. The standard InChI is InChI=1S/C11H12F2N2O2/c12-9-4-8(3-7-1-2-14-6-7)11(15(16)17)5-10(9)13/h4-5,7,14H,1-3,6H2. The van der Waals surface area contributed by atoms with Gasteiger partial charge in [-0.25, -0.2) is 8.78 Å². The van der Waals surface area contributed by atoms with Gasteiger partial charge in [-0.2, -0.15) is 0 Å². The molecule has 1 heterocycles. The Morgan fingerprint density at radius 3 is 2.71 bits per heavy atom. The number of nitrogens with zero attached hydrogens (tertiary/aromatic N) is 1. The average molecular weight is 242 g/mol. The number of hydrogen-bond donors (Lipinski definition) is 1. The zero-order valence-electron chi connectivity index (χ0n) is 9.08. The smallest absolute Gasteiger partial charge is 0.275 e. The lowest BCUT2D eigenvalue weighted by Gasteiger charge is -2.09. The van der Waals surface area contributed by atoms with Gasteiger partial charge in [0.15, 0.2) is 11.6 Å². The molecule has 0 saturated carbocycles. The molecular formula is C11H12F2N2O2. The van der Waals surface area contributed by atoms with Crippen molar-refractivity contribution in [2.75, 3.05) is 13.1 Å². The number of benzene rings is 1. The predicted octanol–water partition coefficient (Wildman–Crippen LogP) is 2.02. The van der Waals surface area contributed by atoms with Crippen molar-refractivity contribution in [3.8, 4) is 0 Å². The highest BCUT2D eigenvalue weighted by Gasteiger charge is 2.23. The maximum absolute atomic E-state index is 13.1. The molecule has 1 saturated heterocycles. The number of nitrogens with one attached hydrogen (secondary N) is 1. The second-order valence-electron chi connectivity index (χ2n) is 4.22. The molecule has 92 valence electrons. The topological polar surface area (TPSA) is 55.2 Å². The molecular weight excluding hydrogens is 230 g/mol. The lowest BCUT2D eigenvalue weighted by molar-refractivity contribution is -0.385. The Labute approximate surface area is 96.8 Å². The Balaban J connectivity index is 2.29. The van der Waals surface area contributed by atoms with Crippen molar-refractivity contribution in [3.05, 3.63) is 39.4 Å². The molecule has 1 aliphatic heterocycles. The van der Waals surface area contributed by atoms with Crippen molar-refractivity contribution in [1.29, 1.82) is 0 Å². The average Bonchev–Trinajstić information content (AvgIpc) is 2.75. The van der Waals surface area contributed by atoms with Crippen molar-refractivity contribution in [2.45, 2.75) is 12.8 Å². The van der Waals surface area contributed by atoms with E-state index in [1.807, 2.05) is 0 Å². The van der Waals surface area contributed by atoms with Crippen molar-refractivity contribution < 1.29 is 13.7 Å². The largest absolute Gasteiger partial charge is 0.316 e. The molecule has 1 atom stereocenters. The third-order valence-corrected chi connectivity index (χ3v) is 2.99. The number of hydrogen-bond acceptors (Lipinski definition) is 3. The van der Waals surface area contributed by atoms with Gasteiger partial charge in [-0.05, 0) is 37.9 Å². The third kappa shape index (κ3) is 2.58. The minimum Gasteiger partial charge on any atom is -0.316 e. The molecule has 1 fully saturated rings. The fourth-order valence-corrected chi connectivity index (χ4v) is 2.11. The van der Waals surface area contributed by atoms with Crippen LogP contribution in [0.1, 0.15) is 12.0 Å². The van der Waals surface area contributed by atoms with Crippen LogP contribution < -0.4 is 5.32 Å². The second kappa shape index (κ2) is 4.75. The van der Waals surface area contributed by atoms with E-state index in [0.717, 1.165) is 25.6 Å². The molecule has 4 nitrogen and oxygen atoms in total. The van der Waals surface area contributed by atoms with Gasteiger partial charge in [0.05, 0.1) is 11.0 Å². The first-order valence-electron chi connectivity index (χ1n) is 5.41. The molecule has 0 aromatic heterocycles. The van der Waals surface area contributed by atoms with Gasteiger partial charge >= 0.3 is 0 Å². The van der Waals surface area contributed by atoms with E-state index in [4.69, 9.17) is 0 Å². The van der Waals surface area contributed by atoms with Gasteiger partial charge in [0.25, 0.3) is 5.69 Å². The summed E-state index contributed by atoms with van der Waals surface area (Å²) in [5.74, 6) is -1.96. The Morgan fingerprint density at radius 2 is 2.12 bits per heavy atom. The summed E-state index contributed by atoms with van der Waals surface area (Å²) in [6.07, 6.45) is 1.30. The summed E-state index contributed by atoms with van der Waals surface area (Å²) in [5.41, 5.74) is -0.0709. The van der Waals surface area contributed by atoms with Crippen molar-refractivity contribution in [1.82, 2.24) is 5.32 Å². The number of nitro groups is 1.